The molecule has 53 heavy (non-hydrogen) atoms. The summed E-state index contributed by atoms with van der Waals surface area (Å²) in [5, 5.41) is 30.5. The van der Waals surface area contributed by atoms with Crippen LogP contribution in [0, 0.1) is 39.0 Å². The van der Waals surface area contributed by atoms with Gasteiger partial charge in [-0.15, -0.1) is 0 Å². The minimum absolute atomic E-state index is 0.202. The number of nitrogens with zero attached hydrogens (tertiary/aromatic N) is 4. The molecule has 6 rings (SSSR count). The molecule has 1 fully saturated rings. The Morgan fingerprint density at radius 1 is 0.925 bits per heavy atom. The number of hydrogen-bond donors (Lipinski definition) is 3. The van der Waals surface area contributed by atoms with Crippen LogP contribution in [0.25, 0.3) is 11.1 Å². The van der Waals surface area contributed by atoms with Gasteiger partial charge in [-0.25, -0.2) is 0 Å². The van der Waals surface area contributed by atoms with Crippen molar-refractivity contribution in [2.45, 2.75) is 72.9 Å². The lowest BCUT2D eigenvalue weighted by Crippen LogP contribution is -2.24. The maximum Gasteiger partial charge on any atom is 0.142 e. The van der Waals surface area contributed by atoms with E-state index in [4.69, 9.17) is 25.8 Å². The Bertz CT molecular complexity index is 2060. The molecule has 2 aromatic heterocycles. The fourth-order valence-corrected chi connectivity index (χ4v) is 6.98. The number of halogens is 1. The van der Waals surface area contributed by atoms with Gasteiger partial charge in [0.1, 0.15) is 36.5 Å². The molecule has 1 saturated heterocycles. The second kappa shape index (κ2) is 17.7. The van der Waals surface area contributed by atoms with Gasteiger partial charge in [-0.2, -0.15) is 10.4 Å². The van der Waals surface area contributed by atoms with E-state index in [1.165, 1.54) is 6.20 Å². The van der Waals surface area contributed by atoms with Gasteiger partial charge in [0.05, 0.1) is 29.0 Å². The van der Waals surface area contributed by atoms with Crippen LogP contribution in [-0.2, 0) is 26.3 Å². The minimum atomic E-state index is -0.202. The van der Waals surface area contributed by atoms with Gasteiger partial charge >= 0.3 is 0 Å². The van der Waals surface area contributed by atoms with E-state index in [0.717, 1.165) is 94.1 Å². The molecule has 11 heteroatoms. The standard InChI is InChI=1S/C42H47ClN6O4/c1-27-33(8-5-9-36(27)37-10-6-11-40(28(37)2)51-15-7-13-49-14-12-35(50)24-49)26-53-42-18-41(52-25-32-16-31(19-44)20-45-21-32)34(17-39(42)43)22-46-23-38-29(3)47-48-30(38)4/h5-6,8-11,16-18,20-21,35,46,50H,7,12-15,22-26H2,1-4H3,(H,47,48)/t35-/m1/s1. The molecule has 0 spiro atoms. The summed E-state index contributed by atoms with van der Waals surface area (Å²) in [5.41, 5.74) is 10.7. The Labute approximate surface area is 316 Å². The molecule has 10 nitrogen and oxygen atoms in total. The Hall–Kier alpha value is -4.92. The van der Waals surface area contributed by atoms with E-state index >= 15 is 0 Å². The number of aromatic nitrogens is 3. The number of aliphatic hydroxyl groups excluding tert-OH is 1. The van der Waals surface area contributed by atoms with E-state index < -0.39 is 0 Å². The monoisotopic (exact) mass is 734 g/mol. The number of β-amino-alcohol motifs (C(OH)–C–C–N with tert-alkyl or cyclic N) is 1. The zero-order valence-corrected chi connectivity index (χ0v) is 31.6. The third kappa shape index (κ3) is 9.55. The second-order valence-corrected chi connectivity index (χ2v) is 14.0. The zero-order chi connectivity index (χ0) is 37.3. The van der Waals surface area contributed by atoms with E-state index in [0.29, 0.717) is 48.4 Å². The maximum absolute atomic E-state index is 9.80. The first-order valence-corrected chi connectivity index (χ1v) is 18.4. The summed E-state index contributed by atoms with van der Waals surface area (Å²) >= 11 is 6.86. The molecule has 3 heterocycles. The highest BCUT2D eigenvalue weighted by atomic mass is 35.5. The summed E-state index contributed by atoms with van der Waals surface area (Å²) in [7, 11) is 0. The SMILES string of the molecule is Cc1n[nH]c(C)c1CNCc1cc(Cl)c(OCc2cccc(-c3cccc(OCCCN4CC[C@@H](O)C4)c3C)c2C)cc1OCc1cncc(C#N)c1. The Morgan fingerprint density at radius 2 is 1.72 bits per heavy atom. The van der Waals surface area contributed by atoms with Gasteiger partial charge in [0.2, 0.25) is 0 Å². The second-order valence-electron chi connectivity index (χ2n) is 13.6. The molecular formula is C42H47ClN6O4. The van der Waals surface area contributed by atoms with Gasteiger partial charge in [-0.3, -0.25) is 10.1 Å². The normalized spacial score (nSPS) is 14.3. The number of aryl methyl sites for hydroxylation is 2. The number of aliphatic hydroxyl groups is 1. The highest BCUT2D eigenvalue weighted by molar-refractivity contribution is 6.32. The average molecular weight is 735 g/mol. The van der Waals surface area contributed by atoms with Crippen LogP contribution in [0.1, 0.15) is 63.2 Å². The number of aromatic amines is 1. The van der Waals surface area contributed by atoms with Gasteiger partial charge in [0.15, 0.2) is 0 Å². The molecule has 0 saturated carbocycles. The first-order chi connectivity index (χ1) is 25.7. The number of hydrogen-bond acceptors (Lipinski definition) is 9. The van der Waals surface area contributed by atoms with Crippen molar-refractivity contribution in [1.29, 1.82) is 5.26 Å². The number of ether oxygens (including phenoxy) is 3. The predicted molar refractivity (Wildman–Crippen MR) is 206 cm³/mol. The fourth-order valence-electron chi connectivity index (χ4n) is 6.74. The summed E-state index contributed by atoms with van der Waals surface area (Å²) in [5.74, 6) is 2.01. The van der Waals surface area contributed by atoms with Gasteiger partial charge in [-0.05, 0) is 86.6 Å². The largest absolute Gasteiger partial charge is 0.493 e. The van der Waals surface area contributed by atoms with Crippen LogP contribution in [0.15, 0.2) is 67.0 Å². The molecule has 0 amide bonds. The van der Waals surface area contributed by atoms with E-state index in [1.54, 1.807) is 12.3 Å². The Kier molecular flexibility index (Phi) is 12.7. The molecule has 0 unspecified atom stereocenters. The predicted octanol–water partition coefficient (Wildman–Crippen LogP) is 7.51. The molecular weight excluding hydrogens is 688 g/mol. The summed E-state index contributed by atoms with van der Waals surface area (Å²) in [6.45, 7) is 13.1. The summed E-state index contributed by atoms with van der Waals surface area (Å²) in [6, 6.07) is 20.1. The van der Waals surface area contributed by atoms with E-state index in [2.05, 4.69) is 69.6 Å². The molecule has 0 aliphatic carbocycles. The first-order valence-electron chi connectivity index (χ1n) is 18.0. The van der Waals surface area contributed by atoms with Crippen molar-refractivity contribution in [3.63, 3.8) is 0 Å². The van der Waals surface area contributed by atoms with Crippen molar-refractivity contribution in [3.8, 4) is 34.4 Å². The molecule has 3 N–H and O–H groups in total. The molecule has 1 atom stereocenters. The molecule has 0 radical (unpaired) electrons. The highest BCUT2D eigenvalue weighted by Crippen LogP contribution is 2.36. The van der Waals surface area contributed by atoms with Crippen LogP contribution in [0.2, 0.25) is 5.02 Å². The topological polar surface area (TPSA) is 129 Å². The minimum Gasteiger partial charge on any atom is -0.493 e. The van der Waals surface area contributed by atoms with Gasteiger partial charge in [-0.1, -0.05) is 41.9 Å². The van der Waals surface area contributed by atoms with Crippen molar-refractivity contribution >= 4 is 11.6 Å². The van der Waals surface area contributed by atoms with Crippen LogP contribution in [0.5, 0.6) is 17.2 Å². The fraction of sp³-hybridized carbons (Fsp3) is 0.357. The molecule has 0 bridgehead atoms. The van der Waals surface area contributed by atoms with Crippen LogP contribution in [-0.4, -0.2) is 57.5 Å². The van der Waals surface area contributed by atoms with Crippen molar-refractivity contribution in [2.75, 3.05) is 26.2 Å². The lowest BCUT2D eigenvalue weighted by atomic mass is 9.93. The highest BCUT2D eigenvalue weighted by Gasteiger charge is 2.20. The molecule has 1 aliphatic heterocycles. The van der Waals surface area contributed by atoms with E-state index in [9.17, 15) is 10.4 Å². The van der Waals surface area contributed by atoms with E-state index in [1.807, 2.05) is 38.1 Å². The Morgan fingerprint density at radius 3 is 2.47 bits per heavy atom. The van der Waals surface area contributed by atoms with Gasteiger partial charge < -0.3 is 29.5 Å². The van der Waals surface area contributed by atoms with Crippen molar-refractivity contribution in [3.05, 3.63) is 122 Å². The van der Waals surface area contributed by atoms with Gasteiger partial charge in [0, 0.05) is 73.6 Å². The number of H-pyrrole nitrogens is 1. The number of nitrogens with one attached hydrogen (secondary N) is 2. The molecule has 5 aromatic rings. The van der Waals surface area contributed by atoms with Crippen LogP contribution in [0.4, 0.5) is 0 Å². The molecule has 276 valence electrons. The first kappa shape index (κ1) is 37.8. The third-order valence-corrected chi connectivity index (χ3v) is 10.2. The number of rotatable bonds is 16. The van der Waals surface area contributed by atoms with Crippen molar-refractivity contribution < 1.29 is 19.3 Å². The average Bonchev–Trinajstić information content (AvgIpc) is 3.73. The number of pyridine rings is 1. The molecule has 1 aliphatic rings. The van der Waals surface area contributed by atoms with E-state index in [-0.39, 0.29) is 12.7 Å². The van der Waals surface area contributed by atoms with Crippen LogP contribution < -0.4 is 19.5 Å². The third-order valence-electron chi connectivity index (χ3n) is 9.86. The Balaban J connectivity index is 1.16. The number of nitriles is 1. The number of benzene rings is 3. The van der Waals surface area contributed by atoms with Crippen molar-refractivity contribution in [2.24, 2.45) is 0 Å². The van der Waals surface area contributed by atoms with Crippen molar-refractivity contribution in [1.82, 2.24) is 25.4 Å². The quantitative estimate of drug-likeness (QED) is 0.0883. The zero-order valence-electron chi connectivity index (χ0n) is 30.8. The van der Waals surface area contributed by atoms with Crippen LogP contribution >= 0.6 is 11.6 Å². The van der Waals surface area contributed by atoms with Crippen LogP contribution in [0.3, 0.4) is 0 Å². The summed E-state index contributed by atoms with van der Waals surface area (Å²) in [4.78, 5) is 6.47. The smallest absolute Gasteiger partial charge is 0.142 e. The number of likely N-dealkylation sites (tertiary alicyclic amines) is 1. The lowest BCUT2D eigenvalue weighted by Gasteiger charge is -2.19. The maximum atomic E-state index is 9.80. The summed E-state index contributed by atoms with van der Waals surface area (Å²) < 4.78 is 19.0. The summed E-state index contributed by atoms with van der Waals surface area (Å²) in [6.07, 6.45) is 4.78. The lowest BCUT2D eigenvalue weighted by molar-refractivity contribution is 0.173. The molecule has 3 aromatic carbocycles. The van der Waals surface area contributed by atoms with Gasteiger partial charge in [0.25, 0.3) is 0 Å².